The summed E-state index contributed by atoms with van der Waals surface area (Å²) < 4.78 is 19.0. The van der Waals surface area contributed by atoms with E-state index < -0.39 is 0 Å². The molecule has 2 fully saturated rings. The monoisotopic (exact) mass is 316 g/mol. The first-order valence-electron chi connectivity index (χ1n) is 7.57. The highest BCUT2D eigenvalue weighted by Crippen LogP contribution is 2.35. The second-order valence-electron chi connectivity index (χ2n) is 5.92. The smallest absolute Gasteiger partial charge is 0.228 e. The maximum atomic E-state index is 13.8. The molecule has 8 heteroatoms. The van der Waals surface area contributed by atoms with E-state index in [0.29, 0.717) is 29.5 Å². The molecular weight excluding hydrogens is 299 g/mol. The van der Waals surface area contributed by atoms with E-state index in [9.17, 15) is 4.39 Å². The molecule has 23 heavy (non-hydrogen) atoms. The number of rotatable bonds is 3. The van der Waals surface area contributed by atoms with E-state index in [1.807, 2.05) is 4.90 Å². The number of anilines is 2. The van der Waals surface area contributed by atoms with Gasteiger partial charge in [0.1, 0.15) is 6.33 Å². The van der Waals surface area contributed by atoms with Gasteiger partial charge >= 0.3 is 0 Å². The fourth-order valence-electron chi connectivity index (χ4n) is 3.47. The van der Waals surface area contributed by atoms with Crippen LogP contribution in [0.2, 0.25) is 0 Å². The molecule has 2 aromatic rings. The molecule has 2 aliphatic rings. The fourth-order valence-corrected chi connectivity index (χ4v) is 3.47. The first kappa shape index (κ1) is 14.1. The molecule has 120 valence electrons. The molecule has 2 saturated heterocycles. The fraction of sp³-hybridized carbons (Fsp3) is 0.467. The van der Waals surface area contributed by atoms with Gasteiger partial charge in [-0.15, -0.1) is 0 Å². The average Bonchev–Trinajstić information content (AvgIpc) is 3.14. The third-order valence-electron chi connectivity index (χ3n) is 4.54. The molecule has 4 rings (SSSR count). The second-order valence-corrected chi connectivity index (χ2v) is 5.92. The summed E-state index contributed by atoms with van der Waals surface area (Å²) in [6.45, 7) is 3.31. The van der Waals surface area contributed by atoms with Crippen molar-refractivity contribution in [2.24, 2.45) is 11.8 Å². The van der Waals surface area contributed by atoms with Crippen LogP contribution in [0.5, 0.6) is 5.88 Å². The van der Waals surface area contributed by atoms with E-state index in [1.54, 1.807) is 19.4 Å². The van der Waals surface area contributed by atoms with Crippen LogP contribution in [0, 0.1) is 17.7 Å². The highest BCUT2D eigenvalue weighted by atomic mass is 19.1. The van der Waals surface area contributed by atoms with E-state index in [2.05, 4.69) is 24.8 Å². The summed E-state index contributed by atoms with van der Waals surface area (Å²) in [5.41, 5.74) is 0. The van der Waals surface area contributed by atoms with Crippen molar-refractivity contribution in [1.82, 2.24) is 19.9 Å². The summed E-state index contributed by atoms with van der Waals surface area (Å²) in [4.78, 5) is 20.7. The van der Waals surface area contributed by atoms with Crippen molar-refractivity contribution in [3.63, 3.8) is 0 Å². The Morgan fingerprint density at radius 3 is 2.57 bits per heavy atom. The first-order valence-corrected chi connectivity index (χ1v) is 7.57. The van der Waals surface area contributed by atoms with Gasteiger partial charge in [0.05, 0.1) is 13.3 Å². The number of aromatic nitrogens is 4. The Bertz CT molecular complexity index is 700. The van der Waals surface area contributed by atoms with Gasteiger partial charge in [0.2, 0.25) is 11.8 Å². The lowest BCUT2D eigenvalue weighted by molar-refractivity contribution is 0.397. The van der Waals surface area contributed by atoms with Crippen molar-refractivity contribution in [2.45, 2.75) is 0 Å². The third-order valence-corrected chi connectivity index (χ3v) is 4.54. The molecule has 2 atom stereocenters. The van der Waals surface area contributed by atoms with Crippen molar-refractivity contribution < 1.29 is 9.13 Å². The lowest BCUT2D eigenvalue weighted by Gasteiger charge is -2.22. The molecule has 0 amide bonds. The zero-order chi connectivity index (χ0) is 15.8. The minimum absolute atomic E-state index is 0.361. The van der Waals surface area contributed by atoms with Gasteiger partial charge in [0.25, 0.3) is 0 Å². The summed E-state index contributed by atoms with van der Waals surface area (Å²) in [6, 6.07) is 1.74. The lowest BCUT2D eigenvalue weighted by Crippen LogP contribution is -2.30. The van der Waals surface area contributed by atoms with Crippen LogP contribution in [0.15, 0.2) is 24.8 Å². The van der Waals surface area contributed by atoms with Gasteiger partial charge in [-0.1, -0.05) is 0 Å². The van der Waals surface area contributed by atoms with Crippen molar-refractivity contribution >= 4 is 11.8 Å². The molecule has 2 aliphatic heterocycles. The van der Waals surface area contributed by atoms with Crippen LogP contribution in [0.25, 0.3) is 0 Å². The SMILES string of the molecule is COc1ccnc(N2CC3CN(c4ncncc4F)CC3C2)n1. The number of hydrogen-bond acceptors (Lipinski definition) is 7. The molecule has 2 aromatic heterocycles. The van der Waals surface area contributed by atoms with Gasteiger partial charge in [-0.2, -0.15) is 4.98 Å². The highest BCUT2D eigenvalue weighted by Gasteiger charge is 2.41. The Labute approximate surface area is 133 Å². The molecule has 2 unspecified atom stereocenters. The molecular formula is C15H17FN6O. The number of ether oxygens (including phenoxy) is 1. The van der Waals surface area contributed by atoms with E-state index in [4.69, 9.17) is 4.74 Å². The van der Waals surface area contributed by atoms with E-state index in [1.165, 1.54) is 12.5 Å². The molecule has 7 nitrogen and oxygen atoms in total. The zero-order valence-electron chi connectivity index (χ0n) is 12.8. The molecule has 0 N–H and O–H groups in total. The van der Waals surface area contributed by atoms with E-state index >= 15 is 0 Å². The van der Waals surface area contributed by atoms with Crippen molar-refractivity contribution in [3.8, 4) is 5.88 Å². The van der Waals surface area contributed by atoms with Crippen molar-refractivity contribution in [2.75, 3.05) is 43.1 Å². The average molecular weight is 316 g/mol. The van der Waals surface area contributed by atoms with Crippen LogP contribution in [0.3, 0.4) is 0 Å². The standard InChI is InChI=1S/C15H17FN6O/c1-23-13-2-3-18-15(20-13)22-7-10-5-21(6-11(10)8-22)14-12(16)4-17-9-19-14/h2-4,9-11H,5-8H2,1H3. The second kappa shape index (κ2) is 5.60. The Kier molecular flexibility index (Phi) is 3.44. The van der Waals surface area contributed by atoms with Crippen LogP contribution in [-0.4, -0.2) is 53.2 Å². The number of hydrogen-bond donors (Lipinski definition) is 0. The van der Waals surface area contributed by atoms with Crippen LogP contribution in [0.4, 0.5) is 16.2 Å². The molecule has 0 spiro atoms. The number of nitrogens with zero attached hydrogens (tertiary/aromatic N) is 6. The molecule has 0 saturated carbocycles. The molecule has 0 bridgehead atoms. The Morgan fingerprint density at radius 1 is 1.13 bits per heavy atom. The molecule has 0 radical (unpaired) electrons. The minimum Gasteiger partial charge on any atom is -0.481 e. The number of fused-ring (bicyclic) bond motifs is 1. The Balaban J connectivity index is 1.47. The number of halogens is 1. The maximum Gasteiger partial charge on any atom is 0.228 e. The van der Waals surface area contributed by atoms with Gasteiger partial charge < -0.3 is 14.5 Å². The number of methoxy groups -OCH3 is 1. The molecule has 0 aromatic carbocycles. The third kappa shape index (κ3) is 2.54. The topological polar surface area (TPSA) is 67.3 Å². The van der Waals surface area contributed by atoms with E-state index in [0.717, 1.165) is 26.2 Å². The summed E-state index contributed by atoms with van der Waals surface area (Å²) >= 11 is 0. The van der Waals surface area contributed by atoms with Crippen molar-refractivity contribution in [1.29, 1.82) is 0 Å². The molecule has 0 aliphatic carbocycles. The largest absolute Gasteiger partial charge is 0.481 e. The molecule has 4 heterocycles. The zero-order valence-corrected chi connectivity index (χ0v) is 12.8. The van der Waals surface area contributed by atoms with Gasteiger partial charge in [0, 0.05) is 50.3 Å². The lowest BCUT2D eigenvalue weighted by atomic mass is 10.0. The summed E-state index contributed by atoms with van der Waals surface area (Å²) in [7, 11) is 1.60. The van der Waals surface area contributed by atoms with Gasteiger partial charge in [-0.05, 0) is 0 Å². The highest BCUT2D eigenvalue weighted by molar-refractivity contribution is 5.43. The Hall–Kier alpha value is -2.51. The van der Waals surface area contributed by atoms with Gasteiger partial charge in [-0.3, -0.25) is 0 Å². The van der Waals surface area contributed by atoms with Gasteiger partial charge in [-0.25, -0.2) is 19.3 Å². The van der Waals surface area contributed by atoms with Crippen LogP contribution in [0.1, 0.15) is 0 Å². The Morgan fingerprint density at radius 2 is 1.87 bits per heavy atom. The van der Waals surface area contributed by atoms with Crippen LogP contribution in [-0.2, 0) is 0 Å². The summed E-state index contributed by atoms with van der Waals surface area (Å²) in [6.07, 6.45) is 4.31. The summed E-state index contributed by atoms with van der Waals surface area (Å²) in [5, 5.41) is 0. The van der Waals surface area contributed by atoms with Gasteiger partial charge in [0.15, 0.2) is 11.6 Å². The van der Waals surface area contributed by atoms with Crippen LogP contribution >= 0.6 is 0 Å². The summed E-state index contributed by atoms with van der Waals surface area (Å²) in [5.74, 6) is 2.22. The minimum atomic E-state index is -0.361. The normalized spacial score (nSPS) is 23.2. The van der Waals surface area contributed by atoms with E-state index in [-0.39, 0.29) is 5.82 Å². The predicted molar refractivity (Wildman–Crippen MR) is 82.0 cm³/mol. The predicted octanol–water partition coefficient (Wildman–Crippen LogP) is 0.987. The van der Waals surface area contributed by atoms with Crippen LogP contribution < -0.4 is 14.5 Å². The maximum absolute atomic E-state index is 13.8. The first-order chi connectivity index (χ1) is 11.2. The van der Waals surface area contributed by atoms with Crippen molar-refractivity contribution in [3.05, 3.63) is 30.6 Å². The quantitative estimate of drug-likeness (QED) is 0.836.